The summed E-state index contributed by atoms with van der Waals surface area (Å²) in [6, 6.07) is 7.58. The Morgan fingerprint density at radius 3 is 3.06 bits per heavy atom. The molecule has 1 aromatic carbocycles. The maximum absolute atomic E-state index is 11.6. The third kappa shape index (κ3) is 2.50. The van der Waals surface area contributed by atoms with Crippen LogP contribution < -0.4 is 5.32 Å². The van der Waals surface area contributed by atoms with Gasteiger partial charge in [0, 0.05) is 28.7 Å². The van der Waals surface area contributed by atoms with Crippen LogP contribution in [0.4, 0.5) is 0 Å². The van der Waals surface area contributed by atoms with Crippen molar-refractivity contribution >= 4 is 28.4 Å². The lowest BCUT2D eigenvalue weighted by Gasteiger charge is -2.05. The number of fused-ring (bicyclic) bond motifs is 1. The summed E-state index contributed by atoms with van der Waals surface area (Å²) in [5.41, 5.74) is 0.964. The summed E-state index contributed by atoms with van der Waals surface area (Å²) in [5.74, 6) is -0.0395. The van der Waals surface area contributed by atoms with Crippen LogP contribution in [0.5, 0.6) is 0 Å². The second-order valence-electron chi connectivity index (χ2n) is 3.71. The molecular formula is C13H13ClN2O. The van der Waals surface area contributed by atoms with E-state index < -0.39 is 0 Å². The van der Waals surface area contributed by atoms with Crippen molar-refractivity contribution in [2.75, 3.05) is 6.54 Å². The number of nitrogens with zero attached hydrogens (tertiary/aromatic N) is 1. The predicted molar refractivity (Wildman–Crippen MR) is 70.2 cm³/mol. The summed E-state index contributed by atoms with van der Waals surface area (Å²) in [6.07, 6.45) is 3.52. The van der Waals surface area contributed by atoms with E-state index in [1.54, 1.807) is 6.08 Å². The summed E-state index contributed by atoms with van der Waals surface area (Å²) < 4.78 is 1.87. The first-order chi connectivity index (χ1) is 8.22. The molecule has 2 aromatic rings. The molecule has 0 saturated carbocycles. The zero-order chi connectivity index (χ0) is 12.3. The highest BCUT2D eigenvalue weighted by Crippen LogP contribution is 2.23. The Morgan fingerprint density at radius 2 is 2.29 bits per heavy atom. The van der Waals surface area contributed by atoms with E-state index in [2.05, 4.69) is 11.9 Å². The number of carbonyl (C=O) groups excluding carboxylic acids is 1. The molecule has 1 N–H and O–H groups in total. The topological polar surface area (TPSA) is 34.0 Å². The second kappa shape index (κ2) is 5.06. The lowest BCUT2D eigenvalue weighted by Crippen LogP contribution is -2.27. The second-order valence-corrected chi connectivity index (χ2v) is 4.12. The first kappa shape index (κ1) is 11.7. The van der Waals surface area contributed by atoms with Crippen molar-refractivity contribution in [1.29, 1.82) is 0 Å². The van der Waals surface area contributed by atoms with Gasteiger partial charge in [-0.2, -0.15) is 0 Å². The van der Waals surface area contributed by atoms with Crippen LogP contribution in [-0.4, -0.2) is 17.0 Å². The van der Waals surface area contributed by atoms with Crippen LogP contribution in [0.1, 0.15) is 0 Å². The number of rotatable bonds is 4. The number of carbonyl (C=O) groups is 1. The third-order valence-corrected chi connectivity index (χ3v) is 2.85. The van der Waals surface area contributed by atoms with E-state index in [0.29, 0.717) is 11.6 Å². The van der Waals surface area contributed by atoms with Gasteiger partial charge in [0.25, 0.3) is 0 Å². The molecular weight excluding hydrogens is 236 g/mol. The van der Waals surface area contributed by atoms with Gasteiger partial charge < -0.3 is 9.88 Å². The van der Waals surface area contributed by atoms with Crippen LogP contribution in [0, 0.1) is 0 Å². The number of amides is 1. The van der Waals surface area contributed by atoms with Crippen molar-refractivity contribution in [3.8, 4) is 0 Å². The van der Waals surface area contributed by atoms with Crippen LogP contribution in [0.3, 0.4) is 0 Å². The molecule has 1 aromatic heterocycles. The molecule has 1 heterocycles. The Balaban J connectivity index is 2.22. The van der Waals surface area contributed by atoms with Gasteiger partial charge in [0.15, 0.2) is 0 Å². The molecule has 0 bridgehead atoms. The highest BCUT2D eigenvalue weighted by molar-refractivity contribution is 6.35. The van der Waals surface area contributed by atoms with Crippen molar-refractivity contribution in [2.45, 2.75) is 6.54 Å². The number of hydrogen-bond acceptors (Lipinski definition) is 1. The fourth-order valence-electron chi connectivity index (χ4n) is 1.72. The largest absolute Gasteiger partial charge is 0.351 e. The molecule has 0 spiro atoms. The number of hydrogen-bond donors (Lipinski definition) is 1. The van der Waals surface area contributed by atoms with E-state index in [0.717, 1.165) is 10.9 Å². The minimum absolute atomic E-state index is 0.0395. The molecule has 0 aliphatic heterocycles. The van der Waals surface area contributed by atoms with Crippen molar-refractivity contribution in [3.63, 3.8) is 0 Å². The van der Waals surface area contributed by atoms with Crippen LogP contribution in [0.15, 0.2) is 43.1 Å². The van der Waals surface area contributed by atoms with Gasteiger partial charge in [0.05, 0.1) is 0 Å². The van der Waals surface area contributed by atoms with E-state index in [9.17, 15) is 4.79 Å². The first-order valence-electron chi connectivity index (χ1n) is 5.33. The number of halogens is 1. The molecule has 0 aliphatic carbocycles. The first-order valence-corrected chi connectivity index (χ1v) is 5.71. The smallest absolute Gasteiger partial charge is 0.240 e. The summed E-state index contributed by atoms with van der Waals surface area (Å²) in [5, 5.41) is 4.40. The standard InChI is InChI=1S/C13H13ClN2O/c1-2-7-15-13(17)9-16-8-6-10-11(14)4-3-5-12(10)16/h2-6,8H,1,7,9H2,(H,15,17). The Morgan fingerprint density at radius 1 is 1.47 bits per heavy atom. The van der Waals surface area contributed by atoms with Crippen LogP contribution >= 0.6 is 11.6 Å². The number of aromatic nitrogens is 1. The maximum Gasteiger partial charge on any atom is 0.240 e. The average molecular weight is 249 g/mol. The molecule has 3 nitrogen and oxygen atoms in total. The molecule has 0 radical (unpaired) electrons. The summed E-state index contributed by atoms with van der Waals surface area (Å²) in [6.45, 7) is 4.33. The maximum atomic E-state index is 11.6. The molecule has 1 amide bonds. The zero-order valence-electron chi connectivity index (χ0n) is 9.32. The molecule has 0 aliphatic rings. The van der Waals surface area contributed by atoms with Crippen molar-refractivity contribution < 1.29 is 4.79 Å². The molecule has 17 heavy (non-hydrogen) atoms. The minimum Gasteiger partial charge on any atom is -0.351 e. The Kier molecular flexibility index (Phi) is 3.49. The Hall–Kier alpha value is -1.74. The fraction of sp³-hybridized carbons (Fsp3) is 0.154. The fourth-order valence-corrected chi connectivity index (χ4v) is 1.95. The van der Waals surface area contributed by atoms with Gasteiger partial charge in [0.2, 0.25) is 5.91 Å². The molecule has 88 valence electrons. The SMILES string of the molecule is C=CCNC(=O)Cn1ccc2c(Cl)cccc21. The van der Waals surface area contributed by atoms with Gasteiger partial charge >= 0.3 is 0 Å². The van der Waals surface area contributed by atoms with Crippen LogP contribution in [-0.2, 0) is 11.3 Å². The summed E-state index contributed by atoms with van der Waals surface area (Å²) >= 11 is 6.06. The quantitative estimate of drug-likeness (QED) is 0.830. The Bertz CT molecular complexity index is 560. The Labute approximate surface area is 105 Å². The average Bonchev–Trinajstić information content (AvgIpc) is 2.71. The van der Waals surface area contributed by atoms with Gasteiger partial charge in [-0.1, -0.05) is 23.7 Å². The van der Waals surface area contributed by atoms with Crippen molar-refractivity contribution in [2.24, 2.45) is 0 Å². The molecule has 0 atom stereocenters. The predicted octanol–water partition coefficient (Wildman–Crippen LogP) is 2.60. The van der Waals surface area contributed by atoms with Gasteiger partial charge in [-0.15, -0.1) is 6.58 Å². The monoisotopic (exact) mass is 248 g/mol. The van der Waals surface area contributed by atoms with Gasteiger partial charge in [-0.3, -0.25) is 4.79 Å². The van der Waals surface area contributed by atoms with Crippen molar-refractivity contribution in [1.82, 2.24) is 9.88 Å². The third-order valence-electron chi connectivity index (χ3n) is 2.52. The summed E-state index contributed by atoms with van der Waals surface area (Å²) in [7, 11) is 0. The van der Waals surface area contributed by atoms with E-state index >= 15 is 0 Å². The summed E-state index contributed by atoms with van der Waals surface area (Å²) in [4.78, 5) is 11.6. The number of nitrogens with one attached hydrogen (secondary N) is 1. The molecule has 0 fully saturated rings. The van der Waals surface area contributed by atoms with E-state index in [4.69, 9.17) is 11.6 Å². The lowest BCUT2D eigenvalue weighted by molar-refractivity contribution is -0.121. The van der Waals surface area contributed by atoms with Crippen molar-refractivity contribution in [3.05, 3.63) is 48.1 Å². The number of benzene rings is 1. The molecule has 0 saturated heterocycles. The lowest BCUT2D eigenvalue weighted by atomic mass is 10.2. The van der Waals surface area contributed by atoms with Gasteiger partial charge in [-0.25, -0.2) is 0 Å². The molecule has 2 rings (SSSR count). The van der Waals surface area contributed by atoms with E-state index in [1.165, 1.54) is 0 Å². The highest BCUT2D eigenvalue weighted by Gasteiger charge is 2.06. The van der Waals surface area contributed by atoms with E-state index in [1.807, 2.05) is 35.0 Å². The highest BCUT2D eigenvalue weighted by atomic mass is 35.5. The van der Waals surface area contributed by atoms with Gasteiger partial charge in [0.1, 0.15) is 6.54 Å². The zero-order valence-corrected chi connectivity index (χ0v) is 10.1. The normalized spacial score (nSPS) is 10.4. The van der Waals surface area contributed by atoms with E-state index in [-0.39, 0.29) is 12.5 Å². The minimum atomic E-state index is -0.0395. The van der Waals surface area contributed by atoms with Crippen LogP contribution in [0.2, 0.25) is 5.02 Å². The van der Waals surface area contributed by atoms with Gasteiger partial charge in [-0.05, 0) is 18.2 Å². The molecule has 4 heteroatoms. The molecule has 0 unspecified atom stereocenters. The van der Waals surface area contributed by atoms with Crippen LogP contribution in [0.25, 0.3) is 10.9 Å².